The number of nitrogens with zero attached hydrogens (tertiary/aromatic N) is 1. The van der Waals surface area contributed by atoms with Crippen LogP contribution in [0.3, 0.4) is 0 Å². The van der Waals surface area contributed by atoms with Gasteiger partial charge in [-0.25, -0.2) is 0 Å². The van der Waals surface area contributed by atoms with Gasteiger partial charge < -0.3 is 20.1 Å². The van der Waals surface area contributed by atoms with Crippen molar-refractivity contribution in [2.45, 2.75) is 45.1 Å². The van der Waals surface area contributed by atoms with E-state index in [2.05, 4.69) is 24.1 Å². The Kier molecular flexibility index (Phi) is 7.82. The number of aliphatic hydroxyl groups excluding tert-OH is 1. The number of ether oxygens (including phenoxy) is 1. The maximum absolute atomic E-state index is 9.50. The SMILES string of the molecule is CCCNC(C)(CO)CCCN1CCCOCC1. The molecule has 2 N–H and O–H groups in total. The first-order chi connectivity index (χ1) is 8.70. The number of aliphatic hydroxyl groups is 1. The van der Waals surface area contributed by atoms with Crippen LogP contribution in [0.4, 0.5) is 0 Å². The van der Waals surface area contributed by atoms with Crippen LogP contribution < -0.4 is 5.32 Å². The Labute approximate surface area is 112 Å². The molecule has 0 spiro atoms. The highest BCUT2D eigenvalue weighted by atomic mass is 16.5. The fraction of sp³-hybridized carbons (Fsp3) is 1.00. The molecule has 1 aliphatic heterocycles. The Morgan fingerprint density at radius 3 is 2.89 bits per heavy atom. The lowest BCUT2D eigenvalue weighted by Gasteiger charge is -2.30. The Hall–Kier alpha value is -0.160. The van der Waals surface area contributed by atoms with E-state index < -0.39 is 0 Å². The normalized spacial score (nSPS) is 21.5. The minimum absolute atomic E-state index is 0.113. The smallest absolute Gasteiger partial charge is 0.0610 e. The number of hydrogen-bond acceptors (Lipinski definition) is 4. The van der Waals surface area contributed by atoms with Gasteiger partial charge in [0.1, 0.15) is 0 Å². The van der Waals surface area contributed by atoms with E-state index in [9.17, 15) is 5.11 Å². The van der Waals surface area contributed by atoms with E-state index in [-0.39, 0.29) is 12.1 Å². The van der Waals surface area contributed by atoms with Crippen LogP contribution in [0.2, 0.25) is 0 Å². The van der Waals surface area contributed by atoms with Gasteiger partial charge in [0.05, 0.1) is 13.2 Å². The van der Waals surface area contributed by atoms with Gasteiger partial charge in [-0.1, -0.05) is 6.92 Å². The Morgan fingerprint density at radius 2 is 2.17 bits per heavy atom. The molecule has 4 heteroatoms. The Balaban J connectivity index is 2.20. The lowest BCUT2D eigenvalue weighted by Crippen LogP contribution is -2.46. The van der Waals surface area contributed by atoms with Crippen molar-refractivity contribution >= 4 is 0 Å². The van der Waals surface area contributed by atoms with Gasteiger partial charge in [0, 0.05) is 25.2 Å². The molecular formula is C14H30N2O2. The molecule has 108 valence electrons. The third-order valence-electron chi connectivity index (χ3n) is 3.67. The second-order valence-electron chi connectivity index (χ2n) is 5.56. The largest absolute Gasteiger partial charge is 0.394 e. The summed E-state index contributed by atoms with van der Waals surface area (Å²) in [6, 6.07) is 0. The van der Waals surface area contributed by atoms with E-state index in [1.165, 1.54) is 0 Å². The molecule has 1 rings (SSSR count). The topological polar surface area (TPSA) is 44.7 Å². The number of hydrogen-bond donors (Lipinski definition) is 2. The van der Waals surface area contributed by atoms with Crippen LogP contribution in [0.1, 0.15) is 39.5 Å². The first kappa shape index (κ1) is 15.9. The van der Waals surface area contributed by atoms with Gasteiger partial charge in [-0.05, 0) is 45.7 Å². The summed E-state index contributed by atoms with van der Waals surface area (Å²) in [5, 5.41) is 13.0. The molecule has 0 aromatic heterocycles. The summed E-state index contributed by atoms with van der Waals surface area (Å²) in [7, 11) is 0. The van der Waals surface area contributed by atoms with Gasteiger partial charge in [-0.2, -0.15) is 0 Å². The van der Waals surface area contributed by atoms with Gasteiger partial charge >= 0.3 is 0 Å². The summed E-state index contributed by atoms with van der Waals surface area (Å²) in [6.45, 7) is 10.6. The molecule has 0 aromatic rings. The second kappa shape index (κ2) is 8.86. The lowest BCUT2D eigenvalue weighted by atomic mass is 9.96. The number of rotatable bonds is 8. The molecule has 1 atom stereocenters. The summed E-state index contributed by atoms with van der Waals surface area (Å²) < 4.78 is 5.45. The highest BCUT2D eigenvalue weighted by Crippen LogP contribution is 2.13. The quantitative estimate of drug-likeness (QED) is 0.687. The molecule has 18 heavy (non-hydrogen) atoms. The van der Waals surface area contributed by atoms with Crippen LogP contribution in [0, 0.1) is 0 Å². The molecule has 1 unspecified atom stereocenters. The third kappa shape index (κ3) is 6.14. The average Bonchev–Trinajstić information content (AvgIpc) is 2.65. The Morgan fingerprint density at radius 1 is 1.33 bits per heavy atom. The minimum Gasteiger partial charge on any atom is -0.394 e. The first-order valence-electron chi connectivity index (χ1n) is 7.36. The van der Waals surface area contributed by atoms with Crippen molar-refractivity contribution in [3.05, 3.63) is 0 Å². The molecule has 0 aliphatic carbocycles. The summed E-state index contributed by atoms with van der Waals surface area (Å²) in [6.07, 6.45) is 4.42. The van der Waals surface area contributed by atoms with E-state index in [0.717, 1.165) is 65.1 Å². The molecule has 1 fully saturated rings. The summed E-state index contributed by atoms with van der Waals surface area (Å²) in [4.78, 5) is 2.48. The predicted molar refractivity (Wildman–Crippen MR) is 74.9 cm³/mol. The molecule has 1 saturated heterocycles. The van der Waals surface area contributed by atoms with E-state index in [0.29, 0.717) is 0 Å². The van der Waals surface area contributed by atoms with Crippen LogP contribution in [0.15, 0.2) is 0 Å². The van der Waals surface area contributed by atoms with E-state index in [1.807, 2.05) is 0 Å². The van der Waals surface area contributed by atoms with Crippen molar-refractivity contribution in [2.75, 3.05) is 46.0 Å². The van der Waals surface area contributed by atoms with E-state index in [4.69, 9.17) is 4.74 Å². The summed E-state index contributed by atoms with van der Waals surface area (Å²) in [5.74, 6) is 0. The van der Waals surface area contributed by atoms with E-state index in [1.54, 1.807) is 0 Å². The van der Waals surface area contributed by atoms with Gasteiger partial charge in [0.2, 0.25) is 0 Å². The van der Waals surface area contributed by atoms with Crippen molar-refractivity contribution in [3.63, 3.8) is 0 Å². The second-order valence-corrected chi connectivity index (χ2v) is 5.56. The van der Waals surface area contributed by atoms with Gasteiger partial charge in [0.15, 0.2) is 0 Å². The zero-order chi connectivity index (χ0) is 13.3. The molecule has 4 nitrogen and oxygen atoms in total. The molecule has 0 aromatic carbocycles. The van der Waals surface area contributed by atoms with Crippen LogP contribution in [0.25, 0.3) is 0 Å². The van der Waals surface area contributed by atoms with Crippen LogP contribution >= 0.6 is 0 Å². The maximum atomic E-state index is 9.50. The highest BCUT2D eigenvalue weighted by Gasteiger charge is 2.22. The summed E-state index contributed by atoms with van der Waals surface area (Å²) >= 11 is 0. The summed E-state index contributed by atoms with van der Waals surface area (Å²) in [5.41, 5.74) is -0.113. The van der Waals surface area contributed by atoms with Crippen molar-refractivity contribution in [1.82, 2.24) is 10.2 Å². The Bertz CT molecular complexity index is 206. The molecular weight excluding hydrogens is 228 g/mol. The molecule has 0 amide bonds. The van der Waals surface area contributed by atoms with Gasteiger partial charge in [-0.15, -0.1) is 0 Å². The number of nitrogens with one attached hydrogen (secondary N) is 1. The maximum Gasteiger partial charge on any atom is 0.0610 e. The fourth-order valence-electron chi connectivity index (χ4n) is 2.36. The van der Waals surface area contributed by atoms with Crippen LogP contribution in [-0.2, 0) is 4.74 Å². The molecule has 0 radical (unpaired) electrons. The minimum atomic E-state index is -0.113. The standard InChI is InChI=1S/C14H30N2O2/c1-3-7-15-14(2,13-17)6-4-8-16-9-5-11-18-12-10-16/h15,17H,3-13H2,1-2H3. The average molecular weight is 258 g/mol. The predicted octanol–water partition coefficient (Wildman–Crippen LogP) is 1.24. The van der Waals surface area contributed by atoms with Crippen LogP contribution in [-0.4, -0.2) is 61.5 Å². The van der Waals surface area contributed by atoms with Crippen LogP contribution in [0.5, 0.6) is 0 Å². The van der Waals surface area contributed by atoms with Crippen molar-refractivity contribution in [1.29, 1.82) is 0 Å². The molecule has 1 aliphatic rings. The van der Waals surface area contributed by atoms with Crippen molar-refractivity contribution < 1.29 is 9.84 Å². The van der Waals surface area contributed by atoms with Crippen molar-refractivity contribution in [2.24, 2.45) is 0 Å². The fourth-order valence-corrected chi connectivity index (χ4v) is 2.36. The zero-order valence-corrected chi connectivity index (χ0v) is 12.1. The third-order valence-corrected chi connectivity index (χ3v) is 3.67. The van der Waals surface area contributed by atoms with Crippen molar-refractivity contribution in [3.8, 4) is 0 Å². The van der Waals surface area contributed by atoms with Gasteiger partial charge in [0.25, 0.3) is 0 Å². The van der Waals surface area contributed by atoms with E-state index >= 15 is 0 Å². The highest BCUT2D eigenvalue weighted by molar-refractivity contribution is 4.82. The first-order valence-corrected chi connectivity index (χ1v) is 7.36. The molecule has 1 heterocycles. The van der Waals surface area contributed by atoms with Gasteiger partial charge in [-0.3, -0.25) is 0 Å². The lowest BCUT2D eigenvalue weighted by molar-refractivity contribution is 0.137. The molecule has 0 saturated carbocycles. The monoisotopic (exact) mass is 258 g/mol. The molecule has 0 bridgehead atoms. The zero-order valence-electron chi connectivity index (χ0n) is 12.1.